The molecular formula is C17H26O4. The van der Waals surface area contributed by atoms with Crippen molar-refractivity contribution in [2.24, 2.45) is 5.92 Å². The van der Waals surface area contributed by atoms with Crippen molar-refractivity contribution in [2.75, 3.05) is 27.3 Å². The molecule has 0 spiro atoms. The van der Waals surface area contributed by atoms with E-state index in [1.165, 1.54) is 0 Å². The standard InChI is InChI=1S/C17H26O4/c1-14(9-15(2)11-20-13-21-12-19-3)10-17(18)16-7-5-4-6-8-16/h4-9,15,17-18H,10-13H2,1-3H3/b14-9-/t15-,17+/m1/s1. The highest BCUT2D eigenvalue weighted by atomic mass is 16.7. The Morgan fingerprint density at radius 1 is 1.19 bits per heavy atom. The van der Waals surface area contributed by atoms with Gasteiger partial charge in [-0.15, -0.1) is 0 Å². The summed E-state index contributed by atoms with van der Waals surface area (Å²) in [6.07, 6.45) is 2.30. The zero-order valence-electron chi connectivity index (χ0n) is 13.1. The third kappa shape index (κ3) is 7.97. The van der Waals surface area contributed by atoms with E-state index in [2.05, 4.69) is 13.0 Å². The zero-order chi connectivity index (χ0) is 15.5. The van der Waals surface area contributed by atoms with E-state index in [0.29, 0.717) is 13.0 Å². The lowest BCUT2D eigenvalue weighted by Gasteiger charge is -2.13. The van der Waals surface area contributed by atoms with Crippen LogP contribution < -0.4 is 0 Å². The fraction of sp³-hybridized carbons (Fsp3) is 0.529. The highest BCUT2D eigenvalue weighted by Crippen LogP contribution is 2.21. The molecule has 1 aromatic carbocycles. The minimum atomic E-state index is -0.458. The summed E-state index contributed by atoms with van der Waals surface area (Å²) in [6, 6.07) is 9.71. The van der Waals surface area contributed by atoms with E-state index in [0.717, 1.165) is 11.1 Å². The molecule has 0 heterocycles. The highest BCUT2D eigenvalue weighted by molar-refractivity contribution is 5.19. The van der Waals surface area contributed by atoms with Gasteiger partial charge in [-0.3, -0.25) is 0 Å². The van der Waals surface area contributed by atoms with Crippen LogP contribution in [0.3, 0.4) is 0 Å². The predicted octanol–water partition coefficient (Wildman–Crippen LogP) is 3.29. The Bertz CT molecular complexity index is 403. The van der Waals surface area contributed by atoms with Crippen LogP contribution in [0.1, 0.15) is 31.9 Å². The summed E-state index contributed by atoms with van der Waals surface area (Å²) in [5.74, 6) is 0.277. The first kappa shape index (κ1) is 17.9. The van der Waals surface area contributed by atoms with Gasteiger partial charge < -0.3 is 19.3 Å². The van der Waals surface area contributed by atoms with Crippen molar-refractivity contribution in [3.63, 3.8) is 0 Å². The van der Waals surface area contributed by atoms with Crippen molar-refractivity contribution < 1.29 is 19.3 Å². The molecule has 0 bridgehead atoms. The van der Waals surface area contributed by atoms with Crippen molar-refractivity contribution in [2.45, 2.75) is 26.4 Å². The average Bonchev–Trinajstić information content (AvgIpc) is 2.47. The largest absolute Gasteiger partial charge is 0.388 e. The molecule has 1 N–H and O–H groups in total. The van der Waals surface area contributed by atoms with E-state index in [1.807, 2.05) is 37.3 Å². The number of benzene rings is 1. The van der Waals surface area contributed by atoms with Gasteiger partial charge in [0, 0.05) is 7.11 Å². The van der Waals surface area contributed by atoms with Crippen LogP contribution in [0.25, 0.3) is 0 Å². The quantitative estimate of drug-likeness (QED) is 0.409. The number of aliphatic hydroxyl groups is 1. The Kier molecular flexibility index (Phi) is 8.94. The maximum atomic E-state index is 10.2. The van der Waals surface area contributed by atoms with Gasteiger partial charge in [-0.1, -0.05) is 48.9 Å². The van der Waals surface area contributed by atoms with Crippen molar-refractivity contribution in [1.82, 2.24) is 0 Å². The summed E-state index contributed by atoms with van der Waals surface area (Å²) in [5, 5.41) is 10.2. The van der Waals surface area contributed by atoms with Gasteiger partial charge in [-0.25, -0.2) is 0 Å². The van der Waals surface area contributed by atoms with Crippen LogP contribution in [-0.4, -0.2) is 32.4 Å². The van der Waals surface area contributed by atoms with Crippen molar-refractivity contribution in [1.29, 1.82) is 0 Å². The van der Waals surface area contributed by atoms with E-state index >= 15 is 0 Å². The number of hydrogen-bond acceptors (Lipinski definition) is 4. The lowest BCUT2D eigenvalue weighted by Crippen LogP contribution is -2.09. The highest BCUT2D eigenvalue weighted by Gasteiger charge is 2.08. The van der Waals surface area contributed by atoms with Crippen molar-refractivity contribution >= 4 is 0 Å². The molecule has 4 nitrogen and oxygen atoms in total. The van der Waals surface area contributed by atoms with Crippen LogP contribution in [0, 0.1) is 5.92 Å². The van der Waals surface area contributed by atoms with Gasteiger partial charge in [-0.2, -0.15) is 0 Å². The van der Waals surface area contributed by atoms with Crippen LogP contribution in [0.5, 0.6) is 0 Å². The summed E-state index contributed by atoms with van der Waals surface area (Å²) >= 11 is 0. The Labute approximate surface area is 127 Å². The Hall–Kier alpha value is -1.20. The molecule has 0 amide bonds. The van der Waals surface area contributed by atoms with Crippen LogP contribution in [0.2, 0.25) is 0 Å². The topological polar surface area (TPSA) is 47.9 Å². The minimum Gasteiger partial charge on any atom is -0.388 e. The van der Waals surface area contributed by atoms with E-state index in [4.69, 9.17) is 14.2 Å². The van der Waals surface area contributed by atoms with Gasteiger partial charge >= 0.3 is 0 Å². The van der Waals surface area contributed by atoms with Gasteiger partial charge in [0.2, 0.25) is 0 Å². The molecule has 118 valence electrons. The first-order chi connectivity index (χ1) is 10.1. The minimum absolute atomic E-state index is 0.234. The zero-order valence-corrected chi connectivity index (χ0v) is 13.1. The summed E-state index contributed by atoms with van der Waals surface area (Å²) in [5.41, 5.74) is 2.10. The van der Waals surface area contributed by atoms with Crippen LogP contribution in [0.15, 0.2) is 42.0 Å². The molecule has 2 atom stereocenters. The Morgan fingerprint density at radius 3 is 2.57 bits per heavy atom. The maximum absolute atomic E-state index is 10.2. The molecule has 0 aliphatic heterocycles. The molecule has 1 aromatic rings. The molecule has 0 unspecified atom stereocenters. The Balaban J connectivity index is 2.31. The fourth-order valence-corrected chi connectivity index (χ4v) is 2.11. The second kappa shape index (κ2) is 10.5. The van der Waals surface area contributed by atoms with E-state index in [9.17, 15) is 5.11 Å². The molecule has 0 aliphatic carbocycles. The smallest absolute Gasteiger partial charge is 0.149 e. The van der Waals surface area contributed by atoms with E-state index in [1.54, 1.807) is 7.11 Å². The second-order valence-corrected chi connectivity index (χ2v) is 5.22. The molecule has 0 radical (unpaired) electrons. The lowest BCUT2D eigenvalue weighted by molar-refractivity contribution is -0.123. The van der Waals surface area contributed by atoms with Crippen LogP contribution in [-0.2, 0) is 14.2 Å². The van der Waals surface area contributed by atoms with Gasteiger partial charge in [0.1, 0.15) is 13.6 Å². The second-order valence-electron chi connectivity index (χ2n) is 5.22. The summed E-state index contributed by atoms with van der Waals surface area (Å²) < 4.78 is 15.2. The monoisotopic (exact) mass is 294 g/mol. The third-order valence-electron chi connectivity index (χ3n) is 3.02. The molecule has 0 saturated heterocycles. The van der Waals surface area contributed by atoms with Crippen LogP contribution in [0.4, 0.5) is 0 Å². The molecule has 1 rings (SSSR count). The van der Waals surface area contributed by atoms with Gasteiger partial charge in [-0.05, 0) is 24.8 Å². The predicted molar refractivity (Wildman–Crippen MR) is 82.7 cm³/mol. The first-order valence-electron chi connectivity index (χ1n) is 7.18. The molecule has 0 saturated carbocycles. The van der Waals surface area contributed by atoms with Gasteiger partial charge in [0.15, 0.2) is 0 Å². The SMILES string of the molecule is COCOCOC[C@H](C)/C=C(/C)C[C@H](O)c1ccccc1. The molecule has 21 heavy (non-hydrogen) atoms. The normalized spacial score (nSPS) is 15.0. The Morgan fingerprint density at radius 2 is 1.90 bits per heavy atom. The summed E-state index contributed by atoms with van der Waals surface area (Å²) in [4.78, 5) is 0. The van der Waals surface area contributed by atoms with Crippen molar-refractivity contribution in [3.8, 4) is 0 Å². The molecule has 0 aliphatic rings. The summed E-state index contributed by atoms with van der Waals surface area (Å²) in [6.45, 7) is 5.17. The van der Waals surface area contributed by atoms with Crippen molar-refractivity contribution in [3.05, 3.63) is 47.5 Å². The molecule has 0 fully saturated rings. The maximum Gasteiger partial charge on any atom is 0.149 e. The lowest BCUT2D eigenvalue weighted by atomic mass is 10.00. The number of aliphatic hydroxyl groups excluding tert-OH is 1. The number of rotatable bonds is 10. The third-order valence-corrected chi connectivity index (χ3v) is 3.02. The molecule has 4 heteroatoms. The van der Waals surface area contributed by atoms with Gasteiger partial charge in [0.05, 0.1) is 12.7 Å². The van der Waals surface area contributed by atoms with E-state index in [-0.39, 0.29) is 19.5 Å². The average molecular weight is 294 g/mol. The van der Waals surface area contributed by atoms with Gasteiger partial charge in [0.25, 0.3) is 0 Å². The molecule has 0 aromatic heterocycles. The summed E-state index contributed by atoms with van der Waals surface area (Å²) in [7, 11) is 1.58. The fourth-order valence-electron chi connectivity index (χ4n) is 2.11. The van der Waals surface area contributed by atoms with E-state index < -0.39 is 6.10 Å². The molecular weight excluding hydrogens is 268 g/mol. The number of methoxy groups -OCH3 is 1. The first-order valence-corrected chi connectivity index (χ1v) is 7.18. The van der Waals surface area contributed by atoms with Crippen LogP contribution >= 0.6 is 0 Å². The number of ether oxygens (including phenoxy) is 3. The number of hydrogen-bond donors (Lipinski definition) is 1.